The molecule has 0 saturated carbocycles. The van der Waals surface area contributed by atoms with Gasteiger partial charge in [-0.05, 0) is 49.2 Å². The normalized spacial score (nSPS) is 11.4. The molecule has 0 fully saturated rings. The Labute approximate surface area is 148 Å². The number of benzene rings is 2. The zero-order chi connectivity index (χ0) is 17.6. The number of hydrogen-bond donors (Lipinski definition) is 2. The van der Waals surface area contributed by atoms with Crippen LogP contribution in [0.3, 0.4) is 0 Å². The Balaban J connectivity index is 2.01. The standard InChI is InChI=1S/C19H24ClNO3/c1-19(2,13-22)21-11-15-6-9-17(18(10-15)23-3)24-12-14-4-7-16(20)8-5-14/h4-10,21-22H,11-13H2,1-3H3. The van der Waals surface area contributed by atoms with Crippen molar-refractivity contribution in [3.8, 4) is 11.5 Å². The van der Waals surface area contributed by atoms with Crippen LogP contribution in [0, 0.1) is 0 Å². The van der Waals surface area contributed by atoms with E-state index >= 15 is 0 Å². The van der Waals surface area contributed by atoms with Crippen molar-refractivity contribution in [2.45, 2.75) is 32.5 Å². The van der Waals surface area contributed by atoms with E-state index in [0.29, 0.717) is 29.7 Å². The summed E-state index contributed by atoms with van der Waals surface area (Å²) < 4.78 is 11.3. The number of hydrogen-bond acceptors (Lipinski definition) is 4. The van der Waals surface area contributed by atoms with E-state index in [1.54, 1.807) is 7.11 Å². The first-order chi connectivity index (χ1) is 11.4. The van der Waals surface area contributed by atoms with Crippen molar-refractivity contribution >= 4 is 11.6 Å². The summed E-state index contributed by atoms with van der Waals surface area (Å²) in [5.41, 5.74) is 1.78. The number of ether oxygens (including phenoxy) is 2. The second-order valence-electron chi connectivity index (χ2n) is 6.30. The Morgan fingerprint density at radius 3 is 2.33 bits per heavy atom. The topological polar surface area (TPSA) is 50.7 Å². The van der Waals surface area contributed by atoms with Crippen LogP contribution in [0.1, 0.15) is 25.0 Å². The molecule has 2 aromatic carbocycles. The van der Waals surface area contributed by atoms with Gasteiger partial charge in [0.25, 0.3) is 0 Å². The largest absolute Gasteiger partial charge is 0.493 e. The molecule has 0 aliphatic carbocycles. The number of methoxy groups -OCH3 is 1. The van der Waals surface area contributed by atoms with Crippen LogP contribution in [0.15, 0.2) is 42.5 Å². The molecule has 0 unspecified atom stereocenters. The number of rotatable bonds is 8. The molecular formula is C19H24ClNO3. The predicted octanol–water partition coefficient (Wildman–Crippen LogP) is 3.79. The molecule has 130 valence electrons. The fourth-order valence-corrected chi connectivity index (χ4v) is 2.21. The fourth-order valence-electron chi connectivity index (χ4n) is 2.08. The molecule has 5 heteroatoms. The summed E-state index contributed by atoms with van der Waals surface area (Å²) in [5, 5.41) is 13.3. The summed E-state index contributed by atoms with van der Waals surface area (Å²) in [6.45, 7) is 5.07. The van der Waals surface area contributed by atoms with E-state index in [2.05, 4.69) is 5.32 Å². The highest BCUT2D eigenvalue weighted by Crippen LogP contribution is 2.29. The van der Waals surface area contributed by atoms with Crippen molar-refractivity contribution in [2.24, 2.45) is 0 Å². The number of aliphatic hydroxyl groups is 1. The molecule has 0 bridgehead atoms. The van der Waals surface area contributed by atoms with Gasteiger partial charge in [-0.1, -0.05) is 29.8 Å². The van der Waals surface area contributed by atoms with Gasteiger partial charge in [0.2, 0.25) is 0 Å². The molecule has 2 N–H and O–H groups in total. The predicted molar refractivity (Wildman–Crippen MR) is 96.8 cm³/mol. The van der Waals surface area contributed by atoms with Crippen LogP contribution in [0.5, 0.6) is 11.5 Å². The maximum atomic E-state index is 9.30. The maximum Gasteiger partial charge on any atom is 0.161 e. The number of aliphatic hydroxyl groups excluding tert-OH is 1. The molecular weight excluding hydrogens is 326 g/mol. The van der Waals surface area contributed by atoms with Gasteiger partial charge in [0.1, 0.15) is 6.61 Å². The van der Waals surface area contributed by atoms with E-state index < -0.39 is 0 Å². The SMILES string of the molecule is COc1cc(CNC(C)(C)CO)ccc1OCc1ccc(Cl)cc1. The lowest BCUT2D eigenvalue weighted by molar-refractivity contribution is 0.187. The molecule has 4 nitrogen and oxygen atoms in total. The molecule has 0 aromatic heterocycles. The van der Waals surface area contributed by atoms with Gasteiger partial charge >= 0.3 is 0 Å². The summed E-state index contributed by atoms with van der Waals surface area (Å²) in [6, 6.07) is 13.4. The van der Waals surface area contributed by atoms with Gasteiger partial charge in [0.15, 0.2) is 11.5 Å². The zero-order valence-electron chi connectivity index (χ0n) is 14.3. The minimum absolute atomic E-state index is 0.0758. The van der Waals surface area contributed by atoms with E-state index in [1.807, 2.05) is 56.3 Å². The second-order valence-corrected chi connectivity index (χ2v) is 6.73. The lowest BCUT2D eigenvalue weighted by atomic mass is 10.1. The average Bonchev–Trinajstić information content (AvgIpc) is 2.60. The van der Waals surface area contributed by atoms with Crippen molar-refractivity contribution in [1.29, 1.82) is 0 Å². The van der Waals surface area contributed by atoms with Crippen molar-refractivity contribution in [2.75, 3.05) is 13.7 Å². The Morgan fingerprint density at radius 2 is 1.71 bits per heavy atom. The van der Waals surface area contributed by atoms with Crippen LogP contribution < -0.4 is 14.8 Å². The molecule has 2 rings (SSSR count). The van der Waals surface area contributed by atoms with Gasteiger partial charge in [0.05, 0.1) is 13.7 Å². The molecule has 0 aliphatic heterocycles. The van der Waals surface area contributed by atoms with Crippen molar-refractivity contribution in [3.05, 3.63) is 58.6 Å². The number of halogens is 1. The molecule has 0 saturated heterocycles. The van der Waals surface area contributed by atoms with Crippen LogP contribution in [-0.4, -0.2) is 24.4 Å². The highest BCUT2D eigenvalue weighted by Gasteiger charge is 2.15. The Morgan fingerprint density at radius 1 is 1.04 bits per heavy atom. The third-order valence-electron chi connectivity index (χ3n) is 3.70. The van der Waals surface area contributed by atoms with Gasteiger partial charge in [-0.3, -0.25) is 0 Å². The van der Waals surface area contributed by atoms with E-state index in [-0.39, 0.29) is 12.1 Å². The van der Waals surface area contributed by atoms with E-state index in [0.717, 1.165) is 11.1 Å². The second kappa shape index (κ2) is 8.38. The van der Waals surface area contributed by atoms with E-state index in [9.17, 15) is 5.11 Å². The molecule has 24 heavy (non-hydrogen) atoms. The summed E-state index contributed by atoms with van der Waals surface area (Å²) in [5.74, 6) is 1.38. The molecule has 0 atom stereocenters. The van der Waals surface area contributed by atoms with Crippen LogP contribution >= 0.6 is 11.6 Å². The first kappa shape index (κ1) is 18.6. The van der Waals surface area contributed by atoms with Crippen LogP contribution in [0.2, 0.25) is 5.02 Å². The molecule has 0 heterocycles. The Bertz CT molecular complexity index is 656. The number of nitrogens with one attached hydrogen (secondary N) is 1. The van der Waals surface area contributed by atoms with Gasteiger partial charge in [-0.25, -0.2) is 0 Å². The van der Waals surface area contributed by atoms with Gasteiger partial charge < -0.3 is 19.9 Å². The quantitative estimate of drug-likeness (QED) is 0.761. The van der Waals surface area contributed by atoms with Crippen LogP contribution in [0.25, 0.3) is 0 Å². The minimum Gasteiger partial charge on any atom is -0.493 e. The first-order valence-corrected chi connectivity index (χ1v) is 8.21. The van der Waals surface area contributed by atoms with Crippen LogP contribution in [0.4, 0.5) is 0 Å². The monoisotopic (exact) mass is 349 g/mol. The van der Waals surface area contributed by atoms with Gasteiger partial charge in [0, 0.05) is 17.1 Å². The first-order valence-electron chi connectivity index (χ1n) is 7.83. The van der Waals surface area contributed by atoms with E-state index in [1.165, 1.54) is 0 Å². The molecule has 0 amide bonds. The molecule has 0 radical (unpaired) electrons. The highest BCUT2D eigenvalue weighted by atomic mass is 35.5. The zero-order valence-corrected chi connectivity index (χ0v) is 15.1. The minimum atomic E-state index is -0.322. The van der Waals surface area contributed by atoms with Crippen molar-refractivity contribution in [1.82, 2.24) is 5.32 Å². The van der Waals surface area contributed by atoms with E-state index in [4.69, 9.17) is 21.1 Å². The maximum absolute atomic E-state index is 9.30. The summed E-state index contributed by atoms with van der Waals surface area (Å²) in [7, 11) is 1.62. The lowest BCUT2D eigenvalue weighted by Crippen LogP contribution is -2.42. The Kier molecular flexibility index (Phi) is 6.49. The van der Waals surface area contributed by atoms with Crippen molar-refractivity contribution < 1.29 is 14.6 Å². The molecule has 0 aliphatic rings. The van der Waals surface area contributed by atoms with Gasteiger partial charge in [-0.2, -0.15) is 0 Å². The molecule has 0 spiro atoms. The van der Waals surface area contributed by atoms with Gasteiger partial charge in [-0.15, -0.1) is 0 Å². The third kappa shape index (κ3) is 5.41. The fraction of sp³-hybridized carbons (Fsp3) is 0.368. The highest BCUT2D eigenvalue weighted by molar-refractivity contribution is 6.30. The summed E-state index contributed by atoms with van der Waals surface area (Å²) in [6.07, 6.45) is 0. The lowest BCUT2D eigenvalue weighted by Gasteiger charge is -2.23. The molecule has 2 aromatic rings. The van der Waals surface area contributed by atoms with Crippen molar-refractivity contribution in [3.63, 3.8) is 0 Å². The Hall–Kier alpha value is -1.75. The summed E-state index contributed by atoms with van der Waals surface area (Å²) in [4.78, 5) is 0. The third-order valence-corrected chi connectivity index (χ3v) is 3.95. The smallest absolute Gasteiger partial charge is 0.161 e. The van der Waals surface area contributed by atoms with Crippen LogP contribution in [-0.2, 0) is 13.2 Å². The summed E-state index contributed by atoms with van der Waals surface area (Å²) >= 11 is 5.88. The average molecular weight is 350 g/mol.